The van der Waals surface area contributed by atoms with E-state index in [2.05, 4.69) is 37.0 Å². The van der Waals surface area contributed by atoms with Crippen LogP contribution in [0.4, 0.5) is 5.82 Å². The number of aromatic nitrogens is 3. The lowest BCUT2D eigenvalue weighted by molar-refractivity contribution is 0.389. The Balaban J connectivity index is 1.92. The first-order valence-corrected chi connectivity index (χ1v) is 7.13. The highest BCUT2D eigenvalue weighted by Crippen LogP contribution is 2.28. The smallest absolute Gasteiger partial charge is 0.157 e. The Bertz CT molecular complexity index is 506. The highest BCUT2D eigenvalue weighted by atomic mass is 79.9. The van der Waals surface area contributed by atoms with Crippen molar-refractivity contribution in [3.05, 3.63) is 24.5 Å². The zero-order valence-electron chi connectivity index (χ0n) is 9.59. The maximum atomic E-state index is 4.66. The Labute approximate surface area is 109 Å². The van der Waals surface area contributed by atoms with E-state index in [1.807, 2.05) is 12.3 Å². The molecule has 3 rings (SSSR count). The van der Waals surface area contributed by atoms with Crippen LogP contribution < -0.4 is 4.90 Å². The van der Waals surface area contributed by atoms with Crippen molar-refractivity contribution >= 4 is 27.4 Å². The molecule has 0 N–H and O–H groups in total. The first kappa shape index (κ1) is 11.0. The van der Waals surface area contributed by atoms with Gasteiger partial charge in [-0.25, -0.2) is 9.50 Å². The van der Waals surface area contributed by atoms with Gasteiger partial charge in [-0.1, -0.05) is 15.9 Å². The number of halogens is 1. The van der Waals surface area contributed by atoms with Crippen molar-refractivity contribution in [1.82, 2.24) is 14.6 Å². The van der Waals surface area contributed by atoms with Crippen LogP contribution in [-0.4, -0.2) is 32.5 Å². The largest absolute Gasteiger partial charge is 0.353 e. The molecule has 0 amide bonds. The summed E-state index contributed by atoms with van der Waals surface area (Å²) in [6.07, 6.45) is 7.69. The molecule has 0 saturated heterocycles. The van der Waals surface area contributed by atoms with E-state index in [1.165, 1.54) is 19.3 Å². The predicted octanol–water partition coefficient (Wildman–Crippen LogP) is 2.48. The molecule has 1 fully saturated rings. The second-order valence-electron chi connectivity index (χ2n) is 4.39. The lowest BCUT2D eigenvalue weighted by atomic mass is 9.91. The summed E-state index contributed by atoms with van der Waals surface area (Å²) in [6.45, 7) is 1.02. The molecule has 1 saturated carbocycles. The molecule has 5 heteroatoms. The molecule has 0 aromatic carbocycles. The SMILES string of the molecule is BrCCN(c1ccn2nccc2n1)C1CCC1. The Hall–Kier alpha value is -1.10. The number of anilines is 1. The Morgan fingerprint density at radius 1 is 1.41 bits per heavy atom. The Morgan fingerprint density at radius 2 is 2.29 bits per heavy atom. The molecular formula is C12H15BrN4. The minimum absolute atomic E-state index is 0.672. The third-order valence-corrected chi connectivity index (χ3v) is 3.73. The van der Waals surface area contributed by atoms with E-state index in [0.717, 1.165) is 23.3 Å². The highest BCUT2D eigenvalue weighted by molar-refractivity contribution is 9.09. The van der Waals surface area contributed by atoms with E-state index < -0.39 is 0 Å². The van der Waals surface area contributed by atoms with Gasteiger partial charge in [0.15, 0.2) is 5.65 Å². The first-order chi connectivity index (χ1) is 8.38. The number of hydrogen-bond donors (Lipinski definition) is 0. The van der Waals surface area contributed by atoms with E-state index >= 15 is 0 Å². The third-order valence-electron chi connectivity index (χ3n) is 3.38. The van der Waals surface area contributed by atoms with Gasteiger partial charge in [0.1, 0.15) is 5.82 Å². The lowest BCUT2D eigenvalue weighted by Crippen LogP contribution is -2.41. The van der Waals surface area contributed by atoms with Crippen LogP contribution in [0.1, 0.15) is 19.3 Å². The van der Waals surface area contributed by atoms with Crippen molar-refractivity contribution in [3.63, 3.8) is 0 Å². The van der Waals surface area contributed by atoms with E-state index in [0.29, 0.717) is 6.04 Å². The molecular weight excluding hydrogens is 280 g/mol. The molecule has 0 aliphatic heterocycles. The molecule has 1 aliphatic carbocycles. The highest BCUT2D eigenvalue weighted by Gasteiger charge is 2.25. The Kier molecular flexibility index (Phi) is 3.01. The van der Waals surface area contributed by atoms with Crippen LogP contribution in [0.25, 0.3) is 5.65 Å². The minimum atomic E-state index is 0.672. The minimum Gasteiger partial charge on any atom is -0.353 e. The van der Waals surface area contributed by atoms with Crippen LogP contribution in [0, 0.1) is 0 Å². The van der Waals surface area contributed by atoms with E-state index in [-0.39, 0.29) is 0 Å². The van der Waals surface area contributed by atoms with Gasteiger partial charge < -0.3 is 4.90 Å². The molecule has 2 aromatic rings. The van der Waals surface area contributed by atoms with Crippen molar-refractivity contribution in [3.8, 4) is 0 Å². The van der Waals surface area contributed by atoms with Gasteiger partial charge in [0.05, 0.1) is 6.20 Å². The first-order valence-electron chi connectivity index (χ1n) is 6.01. The molecule has 0 atom stereocenters. The normalized spacial score (nSPS) is 16.1. The number of nitrogens with zero attached hydrogens (tertiary/aromatic N) is 4. The zero-order chi connectivity index (χ0) is 11.7. The molecule has 0 spiro atoms. The molecule has 0 bridgehead atoms. The van der Waals surface area contributed by atoms with Crippen molar-refractivity contribution in [2.45, 2.75) is 25.3 Å². The van der Waals surface area contributed by atoms with Crippen LogP contribution in [0.3, 0.4) is 0 Å². The summed E-state index contributed by atoms with van der Waals surface area (Å²) < 4.78 is 1.80. The van der Waals surface area contributed by atoms with Crippen molar-refractivity contribution in [2.24, 2.45) is 0 Å². The van der Waals surface area contributed by atoms with E-state index in [4.69, 9.17) is 0 Å². The maximum absolute atomic E-state index is 4.66. The topological polar surface area (TPSA) is 33.4 Å². The van der Waals surface area contributed by atoms with Gasteiger partial charge in [-0.05, 0) is 25.3 Å². The lowest BCUT2D eigenvalue weighted by Gasteiger charge is -2.38. The van der Waals surface area contributed by atoms with Crippen molar-refractivity contribution in [2.75, 3.05) is 16.8 Å². The van der Waals surface area contributed by atoms with Gasteiger partial charge >= 0.3 is 0 Å². The second kappa shape index (κ2) is 4.64. The standard InChI is InChI=1S/C12H15BrN4/c13-6-9-16(10-2-1-3-10)11-5-8-17-12(15-11)4-7-14-17/h4-5,7-8,10H,1-3,6,9H2. The summed E-state index contributed by atoms with van der Waals surface area (Å²) >= 11 is 3.52. The molecule has 17 heavy (non-hydrogen) atoms. The molecule has 0 unspecified atom stereocenters. The number of hydrogen-bond acceptors (Lipinski definition) is 3. The second-order valence-corrected chi connectivity index (χ2v) is 5.18. The molecule has 2 heterocycles. The summed E-state index contributed by atoms with van der Waals surface area (Å²) in [6, 6.07) is 4.67. The van der Waals surface area contributed by atoms with Crippen LogP contribution >= 0.6 is 15.9 Å². The summed E-state index contributed by atoms with van der Waals surface area (Å²) in [4.78, 5) is 7.07. The fraction of sp³-hybridized carbons (Fsp3) is 0.500. The Morgan fingerprint density at radius 3 is 3.00 bits per heavy atom. The monoisotopic (exact) mass is 294 g/mol. The van der Waals surface area contributed by atoms with Crippen LogP contribution in [0.15, 0.2) is 24.5 Å². The van der Waals surface area contributed by atoms with Gasteiger partial charge in [0.2, 0.25) is 0 Å². The average Bonchev–Trinajstić information content (AvgIpc) is 2.72. The van der Waals surface area contributed by atoms with E-state index in [1.54, 1.807) is 10.7 Å². The van der Waals surface area contributed by atoms with Crippen LogP contribution in [0.5, 0.6) is 0 Å². The van der Waals surface area contributed by atoms with Gasteiger partial charge in [0, 0.05) is 30.2 Å². The van der Waals surface area contributed by atoms with Crippen LogP contribution in [-0.2, 0) is 0 Å². The summed E-state index contributed by atoms with van der Waals surface area (Å²) in [5.41, 5.74) is 0.918. The molecule has 90 valence electrons. The van der Waals surface area contributed by atoms with Gasteiger partial charge in [-0.15, -0.1) is 0 Å². The molecule has 2 aromatic heterocycles. The number of alkyl halides is 1. The molecule has 0 radical (unpaired) electrons. The summed E-state index contributed by atoms with van der Waals surface area (Å²) in [5, 5.41) is 5.15. The molecule has 4 nitrogen and oxygen atoms in total. The fourth-order valence-corrected chi connectivity index (χ4v) is 2.62. The quantitative estimate of drug-likeness (QED) is 0.813. The zero-order valence-corrected chi connectivity index (χ0v) is 11.2. The third kappa shape index (κ3) is 2.04. The van der Waals surface area contributed by atoms with Crippen molar-refractivity contribution < 1.29 is 0 Å². The predicted molar refractivity (Wildman–Crippen MR) is 71.8 cm³/mol. The number of fused-ring (bicyclic) bond motifs is 1. The molecule has 1 aliphatic rings. The average molecular weight is 295 g/mol. The van der Waals surface area contributed by atoms with Gasteiger partial charge in [-0.3, -0.25) is 0 Å². The maximum Gasteiger partial charge on any atom is 0.157 e. The van der Waals surface area contributed by atoms with Gasteiger partial charge in [-0.2, -0.15) is 5.10 Å². The van der Waals surface area contributed by atoms with Crippen LogP contribution in [0.2, 0.25) is 0 Å². The number of rotatable bonds is 4. The summed E-state index contributed by atoms with van der Waals surface area (Å²) in [5.74, 6) is 1.07. The van der Waals surface area contributed by atoms with Crippen molar-refractivity contribution in [1.29, 1.82) is 0 Å². The van der Waals surface area contributed by atoms with E-state index in [9.17, 15) is 0 Å². The fourth-order valence-electron chi connectivity index (χ4n) is 2.24. The van der Waals surface area contributed by atoms with Gasteiger partial charge in [0.25, 0.3) is 0 Å². The summed E-state index contributed by atoms with van der Waals surface area (Å²) in [7, 11) is 0.